The van der Waals surface area contributed by atoms with Crippen LogP contribution in [0.25, 0.3) is 0 Å². The third-order valence-corrected chi connectivity index (χ3v) is 5.93. The Kier molecular flexibility index (Phi) is 4.23. The first-order valence-electron chi connectivity index (χ1n) is 8.41. The van der Waals surface area contributed by atoms with Crippen LogP contribution in [0.4, 0.5) is 5.13 Å². The van der Waals surface area contributed by atoms with Crippen LogP contribution in [0.15, 0.2) is 30.5 Å². The molecule has 1 unspecified atom stereocenters. The highest BCUT2D eigenvalue weighted by Crippen LogP contribution is 2.37. The smallest absolute Gasteiger partial charge is 0.185 e. The van der Waals surface area contributed by atoms with Crippen molar-refractivity contribution in [2.75, 3.05) is 31.6 Å². The summed E-state index contributed by atoms with van der Waals surface area (Å²) in [6.45, 7) is 4.51. The Hall–Kier alpha value is -1.59. The van der Waals surface area contributed by atoms with Crippen molar-refractivity contribution < 1.29 is 4.74 Å². The van der Waals surface area contributed by atoms with Gasteiger partial charge in [-0.05, 0) is 37.0 Å². The quantitative estimate of drug-likeness (QED) is 0.836. The molecule has 2 aliphatic rings. The van der Waals surface area contributed by atoms with Crippen LogP contribution < -0.4 is 9.64 Å². The molecule has 0 amide bonds. The first-order chi connectivity index (χ1) is 11.3. The fourth-order valence-corrected chi connectivity index (χ4v) is 4.47. The van der Waals surface area contributed by atoms with Gasteiger partial charge in [-0.25, -0.2) is 4.98 Å². The van der Waals surface area contributed by atoms with Gasteiger partial charge in [0.05, 0.1) is 7.11 Å². The van der Waals surface area contributed by atoms with E-state index < -0.39 is 0 Å². The van der Waals surface area contributed by atoms with E-state index in [9.17, 15) is 0 Å². The van der Waals surface area contributed by atoms with E-state index in [2.05, 4.69) is 39.2 Å². The SMILES string of the molecule is COc1cccc(C2CCN2Cc2cnc(N3CCCC3)s2)c1. The number of rotatable bonds is 5. The summed E-state index contributed by atoms with van der Waals surface area (Å²) in [5.41, 5.74) is 1.36. The van der Waals surface area contributed by atoms with Crippen molar-refractivity contribution in [2.24, 2.45) is 0 Å². The van der Waals surface area contributed by atoms with Gasteiger partial charge in [-0.1, -0.05) is 12.1 Å². The molecule has 3 heterocycles. The monoisotopic (exact) mass is 329 g/mol. The van der Waals surface area contributed by atoms with Crippen LogP contribution in [0.3, 0.4) is 0 Å². The predicted molar refractivity (Wildman–Crippen MR) is 94.3 cm³/mol. The first kappa shape index (κ1) is 15.0. The summed E-state index contributed by atoms with van der Waals surface area (Å²) < 4.78 is 5.36. The number of benzene rings is 1. The maximum Gasteiger partial charge on any atom is 0.185 e. The largest absolute Gasteiger partial charge is 0.497 e. The second kappa shape index (κ2) is 6.49. The number of ether oxygens (including phenoxy) is 1. The molecule has 4 nitrogen and oxygen atoms in total. The van der Waals surface area contributed by atoms with Crippen LogP contribution >= 0.6 is 11.3 Å². The van der Waals surface area contributed by atoms with E-state index in [4.69, 9.17) is 4.74 Å². The number of methoxy groups -OCH3 is 1. The molecule has 1 atom stereocenters. The van der Waals surface area contributed by atoms with Gasteiger partial charge in [0.25, 0.3) is 0 Å². The van der Waals surface area contributed by atoms with Crippen LogP contribution in [0.2, 0.25) is 0 Å². The van der Waals surface area contributed by atoms with E-state index in [0.717, 1.165) is 12.3 Å². The molecule has 0 bridgehead atoms. The molecule has 0 saturated carbocycles. The molecule has 0 spiro atoms. The van der Waals surface area contributed by atoms with Gasteiger partial charge < -0.3 is 9.64 Å². The Morgan fingerprint density at radius 1 is 1.26 bits per heavy atom. The van der Waals surface area contributed by atoms with E-state index in [-0.39, 0.29) is 0 Å². The highest BCUT2D eigenvalue weighted by Gasteiger charge is 2.30. The van der Waals surface area contributed by atoms with Gasteiger partial charge in [0.15, 0.2) is 5.13 Å². The van der Waals surface area contributed by atoms with E-state index in [0.29, 0.717) is 6.04 Å². The van der Waals surface area contributed by atoms with Gasteiger partial charge in [-0.15, -0.1) is 11.3 Å². The first-order valence-corrected chi connectivity index (χ1v) is 9.23. The number of likely N-dealkylation sites (tertiary alicyclic amines) is 1. The molecule has 0 radical (unpaired) electrons. The maximum absolute atomic E-state index is 5.36. The highest BCUT2D eigenvalue weighted by atomic mass is 32.1. The molecule has 0 N–H and O–H groups in total. The van der Waals surface area contributed by atoms with Crippen LogP contribution in [0.1, 0.15) is 35.7 Å². The minimum absolute atomic E-state index is 0.516. The number of nitrogens with zero attached hydrogens (tertiary/aromatic N) is 3. The molecule has 2 saturated heterocycles. The molecule has 4 rings (SSSR count). The fourth-order valence-electron chi connectivity index (χ4n) is 3.48. The zero-order chi connectivity index (χ0) is 15.6. The molecule has 5 heteroatoms. The van der Waals surface area contributed by atoms with Gasteiger partial charge in [0.2, 0.25) is 0 Å². The summed E-state index contributed by atoms with van der Waals surface area (Å²) in [4.78, 5) is 11.0. The second-order valence-corrected chi connectivity index (χ2v) is 7.45. The van der Waals surface area contributed by atoms with Crippen molar-refractivity contribution in [1.82, 2.24) is 9.88 Å². The van der Waals surface area contributed by atoms with Gasteiger partial charge in [-0.3, -0.25) is 4.90 Å². The Labute approximate surface area is 141 Å². The highest BCUT2D eigenvalue weighted by molar-refractivity contribution is 7.15. The van der Waals surface area contributed by atoms with E-state index in [1.165, 1.54) is 54.5 Å². The molecule has 2 fully saturated rings. The van der Waals surface area contributed by atoms with Crippen LogP contribution in [0.5, 0.6) is 5.75 Å². The zero-order valence-electron chi connectivity index (χ0n) is 13.6. The van der Waals surface area contributed by atoms with Crippen LogP contribution in [-0.4, -0.2) is 36.6 Å². The summed E-state index contributed by atoms with van der Waals surface area (Å²) in [5.74, 6) is 0.948. The Morgan fingerprint density at radius 3 is 2.87 bits per heavy atom. The number of anilines is 1. The molecule has 2 aliphatic heterocycles. The number of hydrogen-bond donors (Lipinski definition) is 0. The van der Waals surface area contributed by atoms with Gasteiger partial charge in [0.1, 0.15) is 5.75 Å². The van der Waals surface area contributed by atoms with Crippen LogP contribution in [0, 0.1) is 0 Å². The molecule has 1 aromatic heterocycles. The van der Waals surface area contributed by atoms with Gasteiger partial charge in [0, 0.05) is 43.3 Å². The predicted octanol–water partition coefficient (Wildman–Crippen LogP) is 3.70. The summed E-state index contributed by atoms with van der Waals surface area (Å²) in [5, 5.41) is 1.20. The number of aromatic nitrogens is 1. The van der Waals surface area contributed by atoms with Crippen molar-refractivity contribution in [3.8, 4) is 5.75 Å². The topological polar surface area (TPSA) is 28.6 Å². The number of thiazole rings is 1. The van der Waals surface area contributed by atoms with Crippen molar-refractivity contribution in [2.45, 2.75) is 31.8 Å². The lowest BCUT2D eigenvalue weighted by Crippen LogP contribution is -2.39. The van der Waals surface area contributed by atoms with Crippen molar-refractivity contribution >= 4 is 16.5 Å². The van der Waals surface area contributed by atoms with E-state index >= 15 is 0 Å². The average Bonchev–Trinajstić information content (AvgIpc) is 3.23. The fraction of sp³-hybridized carbons (Fsp3) is 0.500. The Bertz CT molecular complexity index is 666. The lowest BCUT2D eigenvalue weighted by molar-refractivity contribution is 0.0829. The molecule has 23 heavy (non-hydrogen) atoms. The molecular weight excluding hydrogens is 306 g/mol. The molecule has 2 aromatic rings. The average molecular weight is 329 g/mol. The summed E-state index contributed by atoms with van der Waals surface area (Å²) in [7, 11) is 1.73. The third kappa shape index (κ3) is 3.08. The summed E-state index contributed by atoms with van der Waals surface area (Å²) in [6, 6.07) is 8.99. The summed E-state index contributed by atoms with van der Waals surface area (Å²) >= 11 is 1.86. The lowest BCUT2D eigenvalue weighted by Gasteiger charge is -2.41. The minimum atomic E-state index is 0.516. The number of hydrogen-bond acceptors (Lipinski definition) is 5. The summed E-state index contributed by atoms with van der Waals surface area (Å²) in [6.07, 6.45) is 5.90. The van der Waals surface area contributed by atoms with Gasteiger partial charge >= 0.3 is 0 Å². The van der Waals surface area contributed by atoms with Crippen molar-refractivity contribution in [1.29, 1.82) is 0 Å². The molecular formula is C18H23N3OS. The van der Waals surface area contributed by atoms with Crippen LogP contribution in [-0.2, 0) is 6.54 Å². The van der Waals surface area contributed by atoms with Crippen molar-refractivity contribution in [3.05, 3.63) is 40.9 Å². The van der Waals surface area contributed by atoms with Gasteiger partial charge in [-0.2, -0.15) is 0 Å². The third-order valence-electron chi connectivity index (χ3n) is 4.89. The minimum Gasteiger partial charge on any atom is -0.497 e. The standard InChI is InChI=1S/C18H23N3OS/c1-22-15-6-4-5-14(11-15)17-7-10-21(17)13-16-12-19-18(23-16)20-8-2-3-9-20/h4-6,11-12,17H,2-3,7-10,13H2,1H3. The zero-order valence-corrected chi connectivity index (χ0v) is 14.4. The molecule has 1 aromatic carbocycles. The van der Waals surface area contributed by atoms with Crippen molar-refractivity contribution in [3.63, 3.8) is 0 Å². The molecule has 122 valence electrons. The molecule has 0 aliphatic carbocycles. The Balaban J connectivity index is 1.42. The van der Waals surface area contributed by atoms with E-state index in [1.54, 1.807) is 7.11 Å². The van der Waals surface area contributed by atoms with E-state index in [1.807, 2.05) is 17.4 Å². The lowest BCUT2D eigenvalue weighted by atomic mass is 9.94. The normalized spacial score (nSPS) is 21.4. The maximum atomic E-state index is 5.36. The Morgan fingerprint density at radius 2 is 2.13 bits per heavy atom. The second-order valence-electron chi connectivity index (χ2n) is 6.35.